The third-order valence-electron chi connectivity index (χ3n) is 4.49. The van der Waals surface area contributed by atoms with Gasteiger partial charge in [-0.1, -0.05) is 41.5 Å². The summed E-state index contributed by atoms with van der Waals surface area (Å²) in [5.41, 5.74) is -6.58. The van der Waals surface area contributed by atoms with Crippen LogP contribution in [0.1, 0.15) is 66.5 Å². The van der Waals surface area contributed by atoms with Crippen molar-refractivity contribution in [3.63, 3.8) is 0 Å². The molecule has 0 aliphatic carbocycles. The number of pyridine rings is 2. The molecular weight excluding hydrogens is 833 g/mol. The van der Waals surface area contributed by atoms with Crippen LogP contribution in [0.15, 0.2) is 36.7 Å². The first-order valence-electron chi connectivity index (χ1n) is 11.6. The Morgan fingerprint density at radius 3 is 1.02 bits per heavy atom. The maximum Gasteiger partial charge on any atom is 2.00 e. The van der Waals surface area contributed by atoms with E-state index in [9.17, 15) is 26.3 Å². The number of rotatable bonds is 3. The van der Waals surface area contributed by atoms with E-state index in [4.69, 9.17) is 30.7 Å². The third kappa shape index (κ3) is 21.1. The Morgan fingerprint density at radius 1 is 0.659 bits per heavy atom. The molecule has 2 rings (SSSR count). The Kier molecular flexibility index (Phi) is 24.0. The van der Waals surface area contributed by atoms with Crippen molar-refractivity contribution in [2.24, 2.45) is 0 Å². The van der Waals surface area contributed by atoms with Crippen molar-refractivity contribution < 1.29 is 89.0 Å². The summed E-state index contributed by atoms with van der Waals surface area (Å²) in [4.78, 5) is 8.97. The van der Waals surface area contributed by atoms with Crippen molar-refractivity contribution in [1.29, 1.82) is 0 Å². The van der Waals surface area contributed by atoms with Crippen LogP contribution in [0.5, 0.6) is 0 Å². The van der Waals surface area contributed by atoms with Crippen molar-refractivity contribution in [2.75, 3.05) is 13.2 Å². The maximum atomic E-state index is 10.7. The Morgan fingerprint density at radius 2 is 0.886 bits per heavy atom. The van der Waals surface area contributed by atoms with Crippen LogP contribution in [-0.2, 0) is 67.8 Å². The minimum absolute atomic E-state index is 0. The van der Waals surface area contributed by atoms with Crippen LogP contribution < -0.4 is 0 Å². The second kappa shape index (κ2) is 20.4. The zero-order valence-corrected chi connectivity index (χ0v) is 29.1. The summed E-state index contributed by atoms with van der Waals surface area (Å²) in [6.45, 7) is 18.9. The standard InChI is InChI=1S/C18H24N2.C4H10O.2CHF3O3S.2H2O.Pt/c1-17(2,3)13-7-9-19-15(11-13)16-12-14(8-10-20-16)18(4,5)6;1-3-5-4-2;2*2-1(3,4)8(5,6)7;;;/h7-12H,1-6H3;3-4H2,1-2H3;2*(H,5,6,7);2*1H2;/q;;;;;;+2. The Bertz CT molecular complexity index is 1200. The zero-order valence-electron chi connectivity index (χ0n) is 25.2. The predicted octanol–water partition coefficient (Wildman–Crippen LogP) is 4.04. The number of hydrogen-bond acceptors (Lipinski definition) is 9. The monoisotopic (exact) mass is 873 g/mol. The number of ether oxygens (including phenoxy) is 1. The van der Waals surface area contributed by atoms with Gasteiger partial charge in [0.05, 0.1) is 11.4 Å². The molecule has 0 spiro atoms. The maximum absolute atomic E-state index is 10.7. The molecule has 6 N–H and O–H groups in total. The molecule has 0 aliphatic rings. The molecule has 0 saturated heterocycles. The normalized spacial score (nSPS) is 11.7. The van der Waals surface area contributed by atoms with Crippen molar-refractivity contribution in [3.05, 3.63) is 47.8 Å². The molecule has 2 aromatic rings. The van der Waals surface area contributed by atoms with Crippen LogP contribution >= 0.6 is 0 Å². The smallest absolute Gasteiger partial charge is 0.741 e. The summed E-state index contributed by atoms with van der Waals surface area (Å²) >= 11 is 0. The summed E-state index contributed by atoms with van der Waals surface area (Å²) < 4.78 is 123. The number of halogens is 6. The first-order chi connectivity index (χ1) is 18.1. The number of nitrogens with zero attached hydrogens (tertiary/aromatic N) is 2. The van der Waals surface area contributed by atoms with Crippen molar-refractivity contribution >= 4 is 20.2 Å². The van der Waals surface area contributed by atoms with E-state index >= 15 is 0 Å². The molecule has 2 heterocycles. The van der Waals surface area contributed by atoms with Crippen LogP contribution in [0.2, 0.25) is 0 Å². The van der Waals surface area contributed by atoms with Gasteiger partial charge in [-0.25, -0.2) is 16.8 Å². The molecule has 11 nitrogen and oxygen atoms in total. The van der Waals surface area contributed by atoms with Gasteiger partial charge in [-0.15, -0.1) is 0 Å². The third-order valence-corrected chi connectivity index (χ3v) is 5.62. The van der Waals surface area contributed by atoms with E-state index in [-0.39, 0.29) is 42.8 Å². The summed E-state index contributed by atoms with van der Waals surface area (Å²) in [6, 6.07) is 8.46. The van der Waals surface area contributed by atoms with Gasteiger partial charge in [0.1, 0.15) is 0 Å². The Hall–Kier alpha value is -1.73. The summed E-state index contributed by atoms with van der Waals surface area (Å²) in [5.74, 6) is 0. The number of alkyl halides is 6. The predicted molar refractivity (Wildman–Crippen MR) is 148 cm³/mol. The molecule has 20 heteroatoms. The van der Waals surface area contributed by atoms with Gasteiger partial charge in [-0.2, -0.15) is 26.3 Å². The largest absolute Gasteiger partial charge is 2.00 e. The fraction of sp³-hybridized carbons (Fsp3) is 0.583. The SMILES string of the molecule is CC(C)(C)c1ccnc(-c2cc(C(C)(C)C)ccn2)c1.CCOCC.O=S(=O)([O-])C(F)(F)F.O=S(=O)([O-])C(F)(F)F.[OH3+].[OH3+].[Pt+2]. The molecule has 0 atom stereocenters. The average molecular weight is 874 g/mol. The second-order valence-electron chi connectivity index (χ2n) is 9.94. The van der Waals surface area contributed by atoms with Gasteiger partial charge in [-0.05, 0) is 60.1 Å². The minimum Gasteiger partial charge on any atom is -0.741 e. The van der Waals surface area contributed by atoms with Gasteiger partial charge < -0.3 is 24.8 Å². The summed E-state index contributed by atoms with van der Waals surface area (Å²) in [5, 5.41) is 0. The Balaban J connectivity index is -0.000000178. The summed E-state index contributed by atoms with van der Waals surface area (Å²) in [6.07, 6.45) is 3.75. The van der Waals surface area contributed by atoms with Crippen molar-refractivity contribution in [1.82, 2.24) is 9.97 Å². The first-order valence-corrected chi connectivity index (χ1v) is 14.5. The molecule has 0 bridgehead atoms. The van der Waals surface area contributed by atoms with E-state index in [0.717, 1.165) is 24.6 Å². The molecule has 0 fully saturated rings. The van der Waals surface area contributed by atoms with E-state index < -0.39 is 31.3 Å². The minimum atomic E-state index is -6.09. The van der Waals surface area contributed by atoms with Gasteiger partial charge in [-0.3, -0.25) is 9.97 Å². The van der Waals surface area contributed by atoms with E-state index in [1.54, 1.807) is 0 Å². The molecule has 44 heavy (non-hydrogen) atoms. The first kappa shape index (κ1) is 51.8. The molecule has 0 aliphatic heterocycles. The number of hydrogen-bond donors (Lipinski definition) is 0. The quantitative estimate of drug-likeness (QED) is 0.188. The van der Waals surface area contributed by atoms with Gasteiger partial charge in [0.2, 0.25) is 0 Å². The van der Waals surface area contributed by atoms with Crippen LogP contribution in [0, 0.1) is 0 Å². The Labute approximate surface area is 268 Å². The van der Waals surface area contributed by atoms with Crippen molar-refractivity contribution in [2.45, 2.75) is 77.2 Å². The van der Waals surface area contributed by atoms with Crippen molar-refractivity contribution in [3.8, 4) is 11.4 Å². The second-order valence-corrected chi connectivity index (χ2v) is 12.7. The van der Waals surface area contributed by atoms with E-state index in [1.165, 1.54) is 11.1 Å². The molecule has 2 aromatic heterocycles. The fourth-order valence-electron chi connectivity index (χ4n) is 2.28. The van der Waals surface area contributed by atoms with Crippen LogP contribution in [0.4, 0.5) is 26.3 Å². The van der Waals surface area contributed by atoms with E-state index in [1.807, 2.05) is 26.2 Å². The van der Waals surface area contributed by atoms with Crippen LogP contribution in [-0.4, -0.2) is 60.1 Å². The zero-order chi connectivity index (χ0) is 33.1. The summed E-state index contributed by atoms with van der Waals surface area (Å²) in [7, 11) is -12.2. The average Bonchev–Trinajstić information content (AvgIpc) is 2.77. The van der Waals surface area contributed by atoms with Crippen LogP contribution in [0.3, 0.4) is 0 Å². The molecule has 0 aromatic carbocycles. The molecule has 262 valence electrons. The molecular formula is C24H40F6N2O9PtS2+2. The number of aromatic nitrogens is 2. The van der Waals surface area contributed by atoms with Gasteiger partial charge in [0, 0.05) is 25.6 Å². The van der Waals surface area contributed by atoms with Gasteiger partial charge in [0.25, 0.3) is 0 Å². The molecule has 0 unspecified atom stereocenters. The van der Waals surface area contributed by atoms with Gasteiger partial charge in [0.15, 0.2) is 20.2 Å². The van der Waals surface area contributed by atoms with Crippen LogP contribution in [0.25, 0.3) is 11.4 Å². The van der Waals surface area contributed by atoms with E-state index in [0.29, 0.717) is 0 Å². The molecule has 0 saturated carbocycles. The molecule has 0 radical (unpaired) electrons. The van der Waals surface area contributed by atoms with E-state index in [2.05, 4.69) is 75.8 Å². The molecule has 0 amide bonds. The fourth-order valence-corrected chi connectivity index (χ4v) is 2.28. The topological polar surface area (TPSA) is 215 Å². The van der Waals surface area contributed by atoms with Gasteiger partial charge >= 0.3 is 32.1 Å².